The van der Waals surface area contributed by atoms with Crippen molar-refractivity contribution in [2.75, 3.05) is 11.9 Å². The van der Waals surface area contributed by atoms with Crippen molar-refractivity contribution in [3.63, 3.8) is 0 Å². The molecule has 0 amide bonds. The second-order valence-corrected chi connectivity index (χ2v) is 8.17. The number of benzene rings is 2. The van der Waals surface area contributed by atoms with E-state index >= 15 is 0 Å². The first-order chi connectivity index (χ1) is 17.3. The summed E-state index contributed by atoms with van der Waals surface area (Å²) in [6.07, 6.45) is 3.36. The van der Waals surface area contributed by atoms with Gasteiger partial charge in [0.05, 0.1) is 17.3 Å². The highest BCUT2D eigenvalue weighted by Crippen LogP contribution is 2.34. The van der Waals surface area contributed by atoms with Gasteiger partial charge in [0.1, 0.15) is 11.5 Å². The molecule has 5 rings (SSSR count). The van der Waals surface area contributed by atoms with Gasteiger partial charge in [0.15, 0.2) is 5.65 Å². The van der Waals surface area contributed by atoms with E-state index in [1.165, 1.54) is 6.07 Å². The average molecular weight is 494 g/mol. The van der Waals surface area contributed by atoms with Crippen molar-refractivity contribution in [2.45, 2.75) is 19.1 Å². The molecule has 0 fully saturated rings. The number of alkyl halides is 3. The van der Waals surface area contributed by atoms with Gasteiger partial charge in [-0.1, -0.05) is 12.1 Å². The molecule has 3 heterocycles. The summed E-state index contributed by atoms with van der Waals surface area (Å²) in [4.78, 5) is 13.0. The van der Waals surface area contributed by atoms with Crippen LogP contribution in [0.25, 0.3) is 33.4 Å². The van der Waals surface area contributed by atoms with E-state index in [0.29, 0.717) is 34.8 Å². The normalized spacial score (nSPS) is 11.8. The number of hydrogen-bond acceptors (Lipinski definition) is 5. The summed E-state index contributed by atoms with van der Waals surface area (Å²) in [5, 5.41) is 8.41. The molecule has 2 aromatic carbocycles. The molecule has 0 aliphatic carbocycles. The number of nitrogens with one attached hydrogen (secondary N) is 1. The summed E-state index contributed by atoms with van der Waals surface area (Å²) in [6, 6.07) is 9.98. The van der Waals surface area contributed by atoms with Crippen LogP contribution in [0.2, 0.25) is 0 Å². The van der Waals surface area contributed by atoms with E-state index in [9.17, 15) is 17.6 Å². The smallest absolute Gasteiger partial charge is 0.354 e. The minimum atomic E-state index is -4.56. The molecule has 1 N–H and O–H groups in total. The monoisotopic (exact) mass is 494 g/mol. The van der Waals surface area contributed by atoms with Crippen LogP contribution in [0.1, 0.15) is 12.0 Å². The molecule has 183 valence electrons. The molecule has 3 aromatic heterocycles. The van der Waals surface area contributed by atoms with Crippen LogP contribution < -0.4 is 5.32 Å². The van der Waals surface area contributed by atoms with E-state index in [4.69, 9.17) is 0 Å². The van der Waals surface area contributed by atoms with Crippen LogP contribution in [0.15, 0.2) is 61.3 Å². The lowest BCUT2D eigenvalue weighted by Gasteiger charge is -2.10. The molecule has 1 radical (unpaired) electrons. The maximum atomic E-state index is 14.3. The highest BCUT2D eigenvalue weighted by Gasteiger charge is 2.31. The van der Waals surface area contributed by atoms with Gasteiger partial charge < -0.3 is 9.88 Å². The molecule has 5 aromatic rings. The highest BCUT2D eigenvalue weighted by molar-refractivity contribution is 5.91. The van der Waals surface area contributed by atoms with Crippen LogP contribution in [0.3, 0.4) is 0 Å². The minimum absolute atomic E-state index is 0.148. The molecule has 0 spiro atoms. The fourth-order valence-corrected chi connectivity index (χ4v) is 3.87. The summed E-state index contributed by atoms with van der Waals surface area (Å²) < 4.78 is 57.1. The maximum Gasteiger partial charge on any atom is 0.416 e. The maximum absolute atomic E-state index is 14.3. The summed E-state index contributed by atoms with van der Waals surface area (Å²) in [5.41, 5.74) is 0.976. The predicted octanol–water partition coefficient (Wildman–Crippen LogP) is 5.35. The fourth-order valence-electron chi connectivity index (χ4n) is 3.87. The Morgan fingerprint density at radius 1 is 1.14 bits per heavy atom. The van der Waals surface area contributed by atoms with Gasteiger partial charge in [-0.2, -0.15) is 23.3 Å². The quantitative estimate of drug-likeness (QED) is 0.244. The third kappa shape index (κ3) is 4.77. The van der Waals surface area contributed by atoms with Crippen LogP contribution in [0, 0.1) is 11.9 Å². The summed E-state index contributed by atoms with van der Waals surface area (Å²) in [6.45, 7) is 1.50. The van der Waals surface area contributed by atoms with Crippen LogP contribution in [0.5, 0.6) is 0 Å². The fraction of sp³-hybridized carbons (Fsp3) is 0.200. The second-order valence-electron chi connectivity index (χ2n) is 8.17. The van der Waals surface area contributed by atoms with E-state index < -0.39 is 17.6 Å². The third-order valence-corrected chi connectivity index (χ3v) is 5.69. The van der Waals surface area contributed by atoms with Gasteiger partial charge in [-0.05, 0) is 42.3 Å². The van der Waals surface area contributed by atoms with Gasteiger partial charge in [-0.25, -0.2) is 19.0 Å². The van der Waals surface area contributed by atoms with Gasteiger partial charge in [-0.15, -0.1) is 0 Å². The molecule has 0 aliphatic rings. The van der Waals surface area contributed by atoms with E-state index in [1.54, 1.807) is 42.6 Å². The van der Waals surface area contributed by atoms with Gasteiger partial charge in [0.2, 0.25) is 5.95 Å². The Kier molecular flexibility index (Phi) is 6.13. The number of aryl methyl sites for hydroxylation is 2. The minimum Gasteiger partial charge on any atom is -0.354 e. The Balaban J connectivity index is 1.35. The van der Waals surface area contributed by atoms with E-state index in [1.807, 2.05) is 10.8 Å². The van der Waals surface area contributed by atoms with Crippen LogP contribution in [-0.4, -0.2) is 35.8 Å². The van der Waals surface area contributed by atoms with E-state index in [2.05, 4.69) is 31.4 Å². The number of fused-ring (bicyclic) bond motifs is 1. The van der Waals surface area contributed by atoms with Gasteiger partial charge in [0, 0.05) is 49.9 Å². The number of hydrogen-bond donors (Lipinski definition) is 1. The van der Waals surface area contributed by atoms with Crippen molar-refractivity contribution < 1.29 is 17.6 Å². The molecule has 0 aliphatic heterocycles. The number of rotatable bonds is 7. The van der Waals surface area contributed by atoms with Gasteiger partial charge in [-0.3, -0.25) is 0 Å². The number of anilines is 1. The molecular weight excluding hydrogens is 474 g/mol. The Bertz CT molecular complexity index is 1490. The molecule has 7 nitrogen and oxygen atoms in total. The number of aromatic nitrogens is 6. The van der Waals surface area contributed by atoms with Gasteiger partial charge in [0.25, 0.3) is 0 Å². The first-order valence-corrected chi connectivity index (χ1v) is 11.1. The topological polar surface area (TPSA) is 73.5 Å². The van der Waals surface area contributed by atoms with Crippen molar-refractivity contribution in [2.24, 2.45) is 7.05 Å². The largest absolute Gasteiger partial charge is 0.416 e. The standard InChI is InChI=1S/C25H20F4N7/c1-35-23-20(14-32-24(33-23)31-9-2-11-36-12-10-30-15-36)22(34-35)17-5-3-16(4-6-17)19-13-18(25(27,28)29)7-8-21(19)26/h3-5,7-8,10,12-15H,2,9,11H2,1H3,(H,31,32,33). The van der Waals surface area contributed by atoms with Gasteiger partial charge >= 0.3 is 6.18 Å². The Morgan fingerprint density at radius 3 is 2.72 bits per heavy atom. The zero-order valence-corrected chi connectivity index (χ0v) is 19.1. The summed E-state index contributed by atoms with van der Waals surface area (Å²) in [7, 11) is 1.76. The molecule has 36 heavy (non-hydrogen) atoms. The second kappa shape index (κ2) is 9.40. The van der Waals surface area contributed by atoms with E-state index in [0.717, 1.165) is 31.2 Å². The molecule has 0 saturated carbocycles. The van der Waals surface area contributed by atoms with E-state index in [-0.39, 0.29) is 11.1 Å². The van der Waals surface area contributed by atoms with Crippen LogP contribution in [0.4, 0.5) is 23.5 Å². The predicted molar refractivity (Wildman–Crippen MR) is 126 cm³/mol. The number of imidazole rings is 1. The first kappa shape index (κ1) is 23.5. The molecule has 11 heteroatoms. The van der Waals surface area contributed by atoms with Crippen molar-refractivity contribution >= 4 is 17.0 Å². The zero-order valence-electron chi connectivity index (χ0n) is 19.1. The first-order valence-electron chi connectivity index (χ1n) is 11.1. The highest BCUT2D eigenvalue weighted by atomic mass is 19.4. The average Bonchev–Trinajstić information content (AvgIpc) is 3.49. The SMILES string of the molecule is Cn1nc(-c2[c]cc(-c3cc(C(F)(F)F)ccc3F)cc2)c2cnc(NCCCn3ccnc3)nc21. The Labute approximate surface area is 203 Å². The molecule has 0 atom stereocenters. The Morgan fingerprint density at radius 2 is 2.00 bits per heavy atom. The molecule has 0 saturated heterocycles. The van der Waals surface area contributed by atoms with Crippen molar-refractivity contribution in [1.82, 2.24) is 29.3 Å². The lowest BCUT2D eigenvalue weighted by atomic mass is 10.00. The van der Waals surface area contributed by atoms with Crippen molar-refractivity contribution in [3.8, 4) is 22.4 Å². The zero-order chi connectivity index (χ0) is 25.3. The van der Waals surface area contributed by atoms with Crippen LogP contribution in [-0.2, 0) is 19.8 Å². The number of nitrogens with zero attached hydrogens (tertiary/aromatic N) is 6. The molecule has 0 unspecified atom stereocenters. The summed E-state index contributed by atoms with van der Waals surface area (Å²) in [5.74, 6) is -0.270. The lowest BCUT2D eigenvalue weighted by molar-refractivity contribution is -0.137. The number of halogens is 4. The Hall–Kier alpha value is -4.28. The molecule has 0 bridgehead atoms. The summed E-state index contributed by atoms with van der Waals surface area (Å²) >= 11 is 0. The molecular formula is C25H20F4N7. The van der Waals surface area contributed by atoms with Crippen molar-refractivity contribution in [3.05, 3.63) is 78.8 Å². The lowest BCUT2D eigenvalue weighted by Crippen LogP contribution is -2.08. The van der Waals surface area contributed by atoms with Crippen molar-refractivity contribution in [1.29, 1.82) is 0 Å². The third-order valence-electron chi connectivity index (χ3n) is 5.69. The van der Waals surface area contributed by atoms with Crippen LogP contribution >= 0.6 is 0 Å².